The average Bonchev–Trinajstić information content (AvgIpc) is 2.81. The number of hydrogen-bond donors (Lipinski definition) is 2. The van der Waals surface area contributed by atoms with E-state index in [2.05, 4.69) is 5.32 Å². The van der Waals surface area contributed by atoms with Gasteiger partial charge in [-0.1, -0.05) is 32.0 Å². The second-order valence-corrected chi connectivity index (χ2v) is 6.65. The molecular weight excluding hydrogens is 286 g/mol. The van der Waals surface area contributed by atoms with Gasteiger partial charge in [-0.2, -0.15) is 0 Å². The second kappa shape index (κ2) is 5.85. The summed E-state index contributed by atoms with van der Waals surface area (Å²) >= 11 is 1.51. The fourth-order valence-electron chi connectivity index (χ4n) is 2.19. The summed E-state index contributed by atoms with van der Waals surface area (Å²) in [6.07, 6.45) is -0.0987. The Morgan fingerprint density at radius 1 is 1.33 bits per heavy atom. The van der Waals surface area contributed by atoms with Crippen LogP contribution in [0.3, 0.4) is 0 Å². The lowest BCUT2D eigenvalue weighted by atomic mass is 9.85. The Morgan fingerprint density at radius 3 is 2.62 bits per heavy atom. The predicted molar refractivity (Wildman–Crippen MR) is 84.8 cm³/mol. The number of fused-ring (bicyclic) bond motifs is 1. The lowest BCUT2D eigenvalue weighted by Gasteiger charge is -2.33. The van der Waals surface area contributed by atoms with Crippen LogP contribution in [0.15, 0.2) is 29.6 Å². The van der Waals surface area contributed by atoms with Crippen molar-refractivity contribution in [3.05, 3.63) is 35.2 Å². The van der Waals surface area contributed by atoms with E-state index in [0.717, 1.165) is 10.1 Å². The van der Waals surface area contributed by atoms with Crippen LogP contribution in [0.4, 0.5) is 0 Å². The smallest absolute Gasteiger partial charge is 0.305 e. The van der Waals surface area contributed by atoms with Crippen LogP contribution in [0.2, 0.25) is 0 Å². The highest BCUT2D eigenvalue weighted by atomic mass is 32.1. The summed E-state index contributed by atoms with van der Waals surface area (Å²) in [5.74, 6) is -1.12. The zero-order chi connectivity index (χ0) is 15.6. The summed E-state index contributed by atoms with van der Waals surface area (Å²) in [7, 11) is 0. The molecule has 0 saturated carbocycles. The van der Waals surface area contributed by atoms with Gasteiger partial charge < -0.3 is 10.4 Å². The van der Waals surface area contributed by atoms with Crippen molar-refractivity contribution in [2.24, 2.45) is 5.92 Å². The Hall–Kier alpha value is -1.88. The molecule has 0 spiro atoms. The molecule has 5 heteroatoms. The fraction of sp³-hybridized carbons (Fsp3) is 0.375. The first-order chi connectivity index (χ1) is 9.83. The number of aliphatic carboxylic acids is 1. The van der Waals surface area contributed by atoms with E-state index in [4.69, 9.17) is 5.11 Å². The third-order valence-electron chi connectivity index (χ3n) is 3.92. The first-order valence-corrected chi connectivity index (χ1v) is 7.72. The highest BCUT2D eigenvalue weighted by molar-refractivity contribution is 7.17. The van der Waals surface area contributed by atoms with Crippen molar-refractivity contribution >= 4 is 33.3 Å². The standard InChI is InChI=1S/C16H19NO3S/c1-10(2)16(3,8-14(18)19)17-15(20)12-9-21-13-7-5-4-6-11(12)13/h4-7,9-10H,8H2,1-3H3,(H,17,20)(H,18,19). The van der Waals surface area contributed by atoms with Crippen LogP contribution in [-0.2, 0) is 4.79 Å². The minimum absolute atomic E-state index is 0.0162. The average molecular weight is 305 g/mol. The molecule has 1 atom stereocenters. The van der Waals surface area contributed by atoms with Gasteiger partial charge in [-0.05, 0) is 18.9 Å². The number of amides is 1. The third kappa shape index (κ3) is 3.24. The lowest BCUT2D eigenvalue weighted by molar-refractivity contribution is -0.138. The molecule has 2 rings (SSSR count). The number of carboxylic acids is 1. The summed E-state index contributed by atoms with van der Waals surface area (Å²) < 4.78 is 1.05. The van der Waals surface area contributed by atoms with Crippen molar-refractivity contribution in [3.8, 4) is 0 Å². The van der Waals surface area contributed by atoms with Crippen molar-refractivity contribution < 1.29 is 14.7 Å². The Bertz CT molecular complexity index is 677. The molecule has 0 radical (unpaired) electrons. The van der Waals surface area contributed by atoms with E-state index in [0.29, 0.717) is 5.56 Å². The summed E-state index contributed by atoms with van der Waals surface area (Å²) in [6.45, 7) is 5.60. The van der Waals surface area contributed by atoms with E-state index < -0.39 is 11.5 Å². The zero-order valence-electron chi connectivity index (χ0n) is 12.3. The van der Waals surface area contributed by atoms with Gasteiger partial charge in [0.1, 0.15) is 0 Å². The van der Waals surface area contributed by atoms with Crippen molar-refractivity contribution in [3.63, 3.8) is 0 Å². The van der Waals surface area contributed by atoms with Crippen molar-refractivity contribution in [1.82, 2.24) is 5.32 Å². The fourth-order valence-corrected chi connectivity index (χ4v) is 3.13. The van der Waals surface area contributed by atoms with E-state index in [-0.39, 0.29) is 18.2 Å². The van der Waals surface area contributed by atoms with Crippen LogP contribution in [-0.4, -0.2) is 22.5 Å². The summed E-state index contributed by atoms with van der Waals surface area (Å²) in [5, 5.41) is 14.7. The highest BCUT2D eigenvalue weighted by Crippen LogP contribution is 2.27. The maximum Gasteiger partial charge on any atom is 0.305 e. The number of carbonyl (C=O) groups excluding carboxylic acids is 1. The third-order valence-corrected chi connectivity index (χ3v) is 4.88. The van der Waals surface area contributed by atoms with Gasteiger partial charge in [0.25, 0.3) is 5.91 Å². The van der Waals surface area contributed by atoms with Gasteiger partial charge in [-0.3, -0.25) is 9.59 Å². The summed E-state index contributed by atoms with van der Waals surface area (Å²) in [5.41, 5.74) is -0.167. The van der Waals surface area contributed by atoms with E-state index in [1.165, 1.54) is 11.3 Å². The molecule has 2 aromatic rings. The first kappa shape index (κ1) is 15.5. The largest absolute Gasteiger partial charge is 0.481 e. The molecule has 0 aliphatic rings. The molecule has 4 nitrogen and oxygen atoms in total. The SMILES string of the molecule is CC(C)C(C)(CC(=O)O)NC(=O)c1csc2ccccc12. The molecule has 0 aliphatic heterocycles. The molecule has 1 unspecified atom stereocenters. The van der Waals surface area contributed by atoms with E-state index in [9.17, 15) is 9.59 Å². The summed E-state index contributed by atoms with van der Waals surface area (Å²) in [6, 6.07) is 7.70. The Balaban J connectivity index is 2.29. The van der Waals surface area contributed by atoms with Gasteiger partial charge >= 0.3 is 5.97 Å². The molecule has 1 heterocycles. The highest BCUT2D eigenvalue weighted by Gasteiger charge is 2.33. The predicted octanol–water partition coefficient (Wildman–Crippen LogP) is 3.52. The molecule has 0 aliphatic carbocycles. The minimum atomic E-state index is -0.915. The number of rotatable bonds is 5. The monoisotopic (exact) mass is 305 g/mol. The second-order valence-electron chi connectivity index (χ2n) is 5.74. The van der Waals surface area contributed by atoms with Gasteiger partial charge in [0, 0.05) is 15.5 Å². The number of thiophene rings is 1. The maximum absolute atomic E-state index is 12.5. The Kier molecular flexibility index (Phi) is 4.32. The molecule has 0 fully saturated rings. The lowest BCUT2D eigenvalue weighted by Crippen LogP contribution is -2.51. The van der Waals surface area contributed by atoms with Crippen LogP contribution in [0.1, 0.15) is 37.6 Å². The Labute approximate surface area is 127 Å². The maximum atomic E-state index is 12.5. The van der Waals surface area contributed by atoms with Crippen molar-refractivity contribution in [1.29, 1.82) is 0 Å². The van der Waals surface area contributed by atoms with Crippen LogP contribution in [0, 0.1) is 5.92 Å². The van der Waals surface area contributed by atoms with Crippen molar-refractivity contribution in [2.45, 2.75) is 32.7 Å². The quantitative estimate of drug-likeness (QED) is 0.888. The van der Waals surface area contributed by atoms with Crippen LogP contribution in [0.5, 0.6) is 0 Å². The molecule has 21 heavy (non-hydrogen) atoms. The van der Waals surface area contributed by atoms with Crippen LogP contribution in [0.25, 0.3) is 10.1 Å². The molecule has 0 bridgehead atoms. The number of benzene rings is 1. The topological polar surface area (TPSA) is 66.4 Å². The van der Waals surface area contributed by atoms with Gasteiger partial charge in [0.2, 0.25) is 0 Å². The van der Waals surface area contributed by atoms with Gasteiger partial charge in [0.05, 0.1) is 17.5 Å². The van der Waals surface area contributed by atoms with Crippen molar-refractivity contribution in [2.75, 3.05) is 0 Å². The number of hydrogen-bond acceptors (Lipinski definition) is 3. The van der Waals surface area contributed by atoms with Gasteiger partial charge in [-0.15, -0.1) is 11.3 Å². The Morgan fingerprint density at radius 2 is 2.00 bits per heavy atom. The molecule has 0 saturated heterocycles. The molecule has 1 aromatic heterocycles. The number of nitrogens with one attached hydrogen (secondary N) is 1. The van der Waals surface area contributed by atoms with Crippen LogP contribution < -0.4 is 5.32 Å². The number of carbonyl (C=O) groups is 2. The molecule has 2 N–H and O–H groups in total. The van der Waals surface area contributed by atoms with E-state index in [1.807, 2.05) is 43.5 Å². The van der Waals surface area contributed by atoms with E-state index in [1.54, 1.807) is 6.92 Å². The summed E-state index contributed by atoms with van der Waals surface area (Å²) in [4.78, 5) is 23.6. The van der Waals surface area contributed by atoms with Crippen LogP contribution >= 0.6 is 11.3 Å². The normalized spacial score (nSPS) is 14.1. The molecule has 112 valence electrons. The minimum Gasteiger partial charge on any atom is -0.481 e. The van der Waals surface area contributed by atoms with Gasteiger partial charge in [0.15, 0.2) is 0 Å². The zero-order valence-corrected chi connectivity index (χ0v) is 13.2. The molecular formula is C16H19NO3S. The molecule has 1 amide bonds. The van der Waals surface area contributed by atoms with Gasteiger partial charge in [-0.25, -0.2) is 0 Å². The first-order valence-electron chi connectivity index (χ1n) is 6.84. The molecule has 1 aromatic carbocycles. The number of carboxylic acid groups (broad SMARTS) is 1. The van der Waals surface area contributed by atoms with E-state index >= 15 is 0 Å².